The molecule has 0 atom stereocenters. The van der Waals surface area contributed by atoms with Crippen LogP contribution in [0.25, 0.3) is 0 Å². The molecule has 1 heteroatoms. The van der Waals surface area contributed by atoms with Crippen LogP contribution in [-0.4, -0.2) is 12.3 Å². The van der Waals surface area contributed by atoms with Crippen LogP contribution in [0.3, 0.4) is 0 Å². The van der Waals surface area contributed by atoms with Crippen molar-refractivity contribution >= 4 is 5.71 Å². The maximum Gasteiger partial charge on any atom is 0.0600 e. The van der Waals surface area contributed by atoms with Gasteiger partial charge in [-0.05, 0) is 33.3 Å². The van der Waals surface area contributed by atoms with E-state index in [4.69, 9.17) is 0 Å². The standard InChI is InChI=1S/C10H17N/c1-6-9(4)7-11-10(5)8(2)3/h6H,2,7H2,1,3-5H3/b9-6+,11-10+. The van der Waals surface area contributed by atoms with Crippen molar-refractivity contribution in [2.75, 3.05) is 6.54 Å². The quantitative estimate of drug-likeness (QED) is 0.434. The highest BCUT2D eigenvalue weighted by molar-refractivity contribution is 5.97. The van der Waals surface area contributed by atoms with Crippen molar-refractivity contribution in [3.05, 3.63) is 23.8 Å². The monoisotopic (exact) mass is 151 g/mol. The molecule has 0 aromatic rings. The van der Waals surface area contributed by atoms with Crippen LogP contribution in [0.15, 0.2) is 28.8 Å². The number of rotatable bonds is 3. The molecule has 1 nitrogen and oxygen atoms in total. The fourth-order valence-corrected chi connectivity index (χ4v) is 0.470. The Labute approximate surface area is 69.5 Å². The number of hydrogen-bond donors (Lipinski definition) is 0. The summed E-state index contributed by atoms with van der Waals surface area (Å²) in [5.74, 6) is 0. The fourth-order valence-electron chi connectivity index (χ4n) is 0.470. The van der Waals surface area contributed by atoms with E-state index in [1.807, 2.05) is 20.8 Å². The van der Waals surface area contributed by atoms with Crippen LogP contribution >= 0.6 is 0 Å². The first-order chi connectivity index (χ1) is 5.07. The molecule has 0 unspecified atom stereocenters. The van der Waals surface area contributed by atoms with Crippen molar-refractivity contribution in [1.29, 1.82) is 0 Å². The molecule has 0 bridgehead atoms. The molecule has 0 saturated carbocycles. The first-order valence-corrected chi connectivity index (χ1v) is 3.86. The van der Waals surface area contributed by atoms with Crippen LogP contribution in [0.2, 0.25) is 0 Å². The van der Waals surface area contributed by atoms with E-state index in [2.05, 4.69) is 24.6 Å². The van der Waals surface area contributed by atoms with Gasteiger partial charge >= 0.3 is 0 Å². The van der Waals surface area contributed by atoms with Crippen molar-refractivity contribution in [3.8, 4) is 0 Å². The van der Waals surface area contributed by atoms with Gasteiger partial charge in [-0.1, -0.05) is 18.2 Å². The van der Waals surface area contributed by atoms with Crippen molar-refractivity contribution in [3.63, 3.8) is 0 Å². The number of hydrogen-bond acceptors (Lipinski definition) is 1. The van der Waals surface area contributed by atoms with Gasteiger partial charge in [-0.15, -0.1) is 0 Å². The Bertz CT molecular complexity index is 197. The number of allylic oxidation sites excluding steroid dienone is 2. The minimum Gasteiger partial charge on any atom is -0.285 e. The summed E-state index contributed by atoms with van der Waals surface area (Å²) in [5.41, 5.74) is 3.39. The van der Waals surface area contributed by atoms with Gasteiger partial charge in [0.15, 0.2) is 0 Å². The minimum atomic E-state index is 0.801. The third kappa shape index (κ3) is 4.54. The Kier molecular flexibility index (Phi) is 4.51. The molecule has 11 heavy (non-hydrogen) atoms. The summed E-state index contributed by atoms with van der Waals surface area (Å²) in [4.78, 5) is 4.34. The van der Waals surface area contributed by atoms with E-state index in [0.29, 0.717) is 0 Å². The van der Waals surface area contributed by atoms with E-state index >= 15 is 0 Å². The van der Waals surface area contributed by atoms with Gasteiger partial charge in [-0.2, -0.15) is 0 Å². The number of nitrogens with zero attached hydrogens (tertiary/aromatic N) is 1. The van der Waals surface area contributed by atoms with Crippen LogP contribution in [0, 0.1) is 0 Å². The first kappa shape index (κ1) is 10.2. The van der Waals surface area contributed by atoms with E-state index in [9.17, 15) is 0 Å². The summed E-state index contributed by atoms with van der Waals surface area (Å²) < 4.78 is 0. The topological polar surface area (TPSA) is 12.4 Å². The fraction of sp³-hybridized carbons (Fsp3) is 0.500. The molecule has 0 spiro atoms. The Morgan fingerprint density at radius 1 is 1.36 bits per heavy atom. The molecule has 0 rings (SSSR count). The largest absolute Gasteiger partial charge is 0.285 e. The molecule has 0 N–H and O–H groups in total. The van der Waals surface area contributed by atoms with Gasteiger partial charge in [0.25, 0.3) is 0 Å². The lowest BCUT2D eigenvalue weighted by Crippen LogP contribution is -1.94. The van der Waals surface area contributed by atoms with Gasteiger partial charge < -0.3 is 0 Å². The zero-order valence-corrected chi connectivity index (χ0v) is 7.94. The van der Waals surface area contributed by atoms with Gasteiger partial charge in [0, 0.05) is 5.71 Å². The molecule has 0 amide bonds. The van der Waals surface area contributed by atoms with E-state index in [0.717, 1.165) is 17.8 Å². The van der Waals surface area contributed by atoms with Gasteiger partial charge in [-0.3, -0.25) is 4.99 Å². The van der Waals surface area contributed by atoms with Crippen molar-refractivity contribution in [1.82, 2.24) is 0 Å². The summed E-state index contributed by atoms with van der Waals surface area (Å²) in [6, 6.07) is 0. The Hall–Kier alpha value is -0.850. The minimum absolute atomic E-state index is 0.801. The summed E-state index contributed by atoms with van der Waals surface area (Å²) >= 11 is 0. The lowest BCUT2D eigenvalue weighted by molar-refractivity contribution is 1.12. The maximum absolute atomic E-state index is 4.34. The SMILES string of the molecule is C=C(C)/C(C)=N/C/C(C)=C/C. The van der Waals surface area contributed by atoms with Crippen LogP contribution < -0.4 is 0 Å². The molecular formula is C10H17N. The van der Waals surface area contributed by atoms with Crippen molar-refractivity contribution in [2.45, 2.75) is 27.7 Å². The molecule has 0 heterocycles. The molecular weight excluding hydrogens is 134 g/mol. The second-order valence-corrected chi connectivity index (χ2v) is 2.82. The molecule has 62 valence electrons. The predicted octanol–water partition coefficient (Wildman–Crippen LogP) is 2.99. The summed E-state index contributed by atoms with van der Waals surface area (Å²) in [6.45, 7) is 12.7. The molecule has 0 aliphatic rings. The second kappa shape index (κ2) is 4.89. The van der Waals surface area contributed by atoms with Crippen molar-refractivity contribution < 1.29 is 0 Å². The van der Waals surface area contributed by atoms with Gasteiger partial charge in [0.05, 0.1) is 6.54 Å². The third-order valence-corrected chi connectivity index (χ3v) is 1.68. The summed E-state index contributed by atoms with van der Waals surface area (Å²) in [6.07, 6.45) is 2.08. The second-order valence-electron chi connectivity index (χ2n) is 2.82. The summed E-state index contributed by atoms with van der Waals surface area (Å²) in [7, 11) is 0. The van der Waals surface area contributed by atoms with Gasteiger partial charge in [0.1, 0.15) is 0 Å². The average molecular weight is 151 g/mol. The zero-order valence-electron chi connectivity index (χ0n) is 7.94. The Morgan fingerprint density at radius 3 is 2.27 bits per heavy atom. The van der Waals surface area contributed by atoms with Crippen LogP contribution in [0.1, 0.15) is 27.7 Å². The molecule has 0 radical (unpaired) electrons. The lowest BCUT2D eigenvalue weighted by Gasteiger charge is -1.98. The molecule has 0 fully saturated rings. The Balaban J connectivity index is 4.03. The Morgan fingerprint density at radius 2 is 1.91 bits per heavy atom. The molecule has 0 aromatic carbocycles. The molecule has 0 saturated heterocycles. The average Bonchev–Trinajstić information content (AvgIpc) is 1.99. The van der Waals surface area contributed by atoms with E-state index in [-0.39, 0.29) is 0 Å². The molecule has 0 aliphatic carbocycles. The normalized spacial score (nSPS) is 13.5. The highest BCUT2D eigenvalue weighted by Gasteiger charge is 1.90. The maximum atomic E-state index is 4.34. The van der Waals surface area contributed by atoms with E-state index < -0.39 is 0 Å². The zero-order chi connectivity index (χ0) is 8.85. The third-order valence-electron chi connectivity index (χ3n) is 1.68. The van der Waals surface area contributed by atoms with Gasteiger partial charge in [0.2, 0.25) is 0 Å². The van der Waals surface area contributed by atoms with Crippen LogP contribution in [0.5, 0.6) is 0 Å². The van der Waals surface area contributed by atoms with Crippen LogP contribution in [-0.2, 0) is 0 Å². The smallest absolute Gasteiger partial charge is 0.0600 e. The van der Waals surface area contributed by atoms with E-state index in [1.54, 1.807) is 0 Å². The van der Waals surface area contributed by atoms with Gasteiger partial charge in [-0.25, -0.2) is 0 Å². The first-order valence-electron chi connectivity index (χ1n) is 3.86. The summed E-state index contributed by atoms with van der Waals surface area (Å²) in [5, 5.41) is 0. The number of aliphatic imine (C=N–C) groups is 1. The molecule has 0 aliphatic heterocycles. The van der Waals surface area contributed by atoms with E-state index in [1.165, 1.54) is 5.57 Å². The highest BCUT2D eigenvalue weighted by atomic mass is 14.7. The lowest BCUT2D eigenvalue weighted by atomic mass is 10.2. The van der Waals surface area contributed by atoms with Crippen molar-refractivity contribution in [2.24, 2.45) is 4.99 Å². The predicted molar refractivity (Wildman–Crippen MR) is 52.2 cm³/mol. The highest BCUT2D eigenvalue weighted by Crippen LogP contribution is 1.96. The molecule has 0 aromatic heterocycles. The van der Waals surface area contributed by atoms with Crippen LogP contribution in [0.4, 0.5) is 0 Å².